The molecule has 2 heterocycles. The molecule has 18 heavy (non-hydrogen) atoms. The van der Waals surface area contributed by atoms with Crippen molar-refractivity contribution in [2.45, 2.75) is 26.7 Å². The topological polar surface area (TPSA) is 77.5 Å². The van der Waals surface area contributed by atoms with Crippen molar-refractivity contribution in [3.63, 3.8) is 0 Å². The maximum Gasteiger partial charge on any atom is 0.227 e. The molecule has 2 aromatic heterocycles. The van der Waals surface area contributed by atoms with Gasteiger partial charge in [0.1, 0.15) is 25.2 Å². The molecule has 0 aliphatic heterocycles. The Morgan fingerprint density at radius 1 is 1.56 bits per heavy atom. The third kappa shape index (κ3) is 2.78. The number of aliphatic hydroxyl groups excluding tert-OH is 1. The molecule has 0 spiro atoms. The van der Waals surface area contributed by atoms with E-state index in [1.54, 1.807) is 10.9 Å². The molecule has 6 nitrogen and oxygen atoms in total. The zero-order chi connectivity index (χ0) is 13.0. The molecule has 0 saturated heterocycles. The Bertz CT molecular complexity index is 573. The lowest BCUT2D eigenvalue weighted by Gasteiger charge is -2.03. The first-order valence-electron chi connectivity index (χ1n) is 5.59. The van der Waals surface area contributed by atoms with E-state index in [1.165, 1.54) is 12.3 Å². The molecule has 0 aliphatic rings. The Hall–Kier alpha value is -2.08. The highest BCUT2D eigenvalue weighted by molar-refractivity contribution is 5.18. The summed E-state index contributed by atoms with van der Waals surface area (Å²) in [7, 11) is 0. The molecule has 0 atom stereocenters. The number of aryl methyl sites for hydroxylation is 1. The smallest absolute Gasteiger partial charge is 0.227 e. The third-order valence-electron chi connectivity index (χ3n) is 2.41. The SMILES string of the molecule is CCn1cc(COc2coc(CO)cc2=O)cn1. The van der Waals surface area contributed by atoms with Crippen molar-refractivity contribution < 1.29 is 14.3 Å². The Morgan fingerprint density at radius 2 is 2.39 bits per heavy atom. The largest absolute Gasteiger partial charge is 0.482 e. The van der Waals surface area contributed by atoms with Crippen LogP contribution in [0.15, 0.2) is 33.9 Å². The summed E-state index contributed by atoms with van der Waals surface area (Å²) < 4.78 is 12.1. The molecule has 0 aromatic carbocycles. The van der Waals surface area contributed by atoms with Gasteiger partial charge in [-0.2, -0.15) is 5.10 Å². The molecule has 0 radical (unpaired) electrons. The van der Waals surface area contributed by atoms with Gasteiger partial charge in [-0.15, -0.1) is 0 Å². The lowest BCUT2D eigenvalue weighted by molar-refractivity contribution is 0.236. The molecule has 0 fully saturated rings. The summed E-state index contributed by atoms with van der Waals surface area (Å²) in [5.74, 6) is 0.336. The number of hydrogen-bond donors (Lipinski definition) is 1. The molecule has 1 N–H and O–H groups in total. The minimum Gasteiger partial charge on any atom is -0.482 e. The fourth-order valence-electron chi connectivity index (χ4n) is 1.44. The first-order valence-corrected chi connectivity index (χ1v) is 5.59. The zero-order valence-corrected chi connectivity index (χ0v) is 10.00. The van der Waals surface area contributed by atoms with Gasteiger partial charge in [0, 0.05) is 24.4 Å². The monoisotopic (exact) mass is 250 g/mol. The van der Waals surface area contributed by atoms with Crippen LogP contribution in [-0.2, 0) is 19.8 Å². The van der Waals surface area contributed by atoms with Gasteiger partial charge in [-0.3, -0.25) is 9.48 Å². The second kappa shape index (κ2) is 5.50. The van der Waals surface area contributed by atoms with Crippen molar-refractivity contribution in [2.75, 3.05) is 0 Å². The summed E-state index contributed by atoms with van der Waals surface area (Å²) in [6.45, 7) is 2.72. The fourth-order valence-corrected chi connectivity index (χ4v) is 1.44. The second-order valence-electron chi connectivity index (χ2n) is 3.73. The van der Waals surface area contributed by atoms with E-state index in [-0.39, 0.29) is 30.2 Å². The Morgan fingerprint density at radius 3 is 3.00 bits per heavy atom. The van der Waals surface area contributed by atoms with Crippen LogP contribution in [0.5, 0.6) is 5.75 Å². The first-order chi connectivity index (χ1) is 8.72. The van der Waals surface area contributed by atoms with Crippen molar-refractivity contribution in [3.05, 3.63) is 46.3 Å². The molecule has 96 valence electrons. The molecule has 0 aliphatic carbocycles. The van der Waals surface area contributed by atoms with Crippen LogP contribution in [-0.4, -0.2) is 14.9 Å². The molecule has 0 unspecified atom stereocenters. The Labute approximate surface area is 103 Å². The standard InChI is InChI=1S/C12H14N2O4/c1-2-14-5-9(4-13-14)7-18-12-8-17-10(6-15)3-11(12)16/h3-5,8,15H,2,6-7H2,1H3. The second-order valence-corrected chi connectivity index (χ2v) is 3.73. The van der Waals surface area contributed by atoms with Crippen LogP contribution in [0.1, 0.15) is 18.2 Å². The maximum atomic E-state index is 11.6. The number of nitrogens with zero attached hydrogens (tertiary/aromatic N) is 2. The highest BCUT2D eigenvalue weighted by atomic mass is 16.5. The van der Waals surface area contributed by atoms with Crippen LogP contribution in [0.4, 0.5) is 0 Å². The quantitative estimate of drug-likeness (QED) is 0.854. The minimum absolute atomic E-state index is 0.122. The molecule has 0 saturated carbocycles. The molecule has 0 amide bonds. The molecule has 2 rings (SSSR count). The summed E-state index contributed by atoms with van der Waals surface area (Å²) in [6, 6.07) is 1.21. The molecule has 0 bridgehead atoms. The summed E-state index contributed by atoms with van der Waals surface area (Å²) in [5, 5.41) is 12.9. The van der Waals surface area contributed by atoms with Gasteiger partial charge in [-0.05, 0) is 6.92 Å². The van der Waals surface area contributed by atoms with Gasteiger partial charge in [0.05, 0.1) is 6.20 Å². The van der Waals surface area contributed by atoms with E-state index in [0.29, 0.717) is 0 Å². The van der Waals surface area contributed by atoms with Gasteiger partial charge in [0.15, 0.2) is 0 Å². The summed E-state index contributed by atoms with van der Waals surface area (Å²) in [4.78, 5) is 11.6. The van der Waals surface area contributed by atoms with Gasteiger partial charge in [-0.25, -0.2) is 0 Å². The van der Waals surface area contributed by atoms with Crippen LogP contribution >= 0.6 is 0 Å². The van der Waals surface area contributed by atoms with Gasteiger partial charge in [-0.1, -0.05) is 0 Å². The van der Waals surface area contributed by atoms with Crippen molar-refractivity contribution in [1.82, 2.24) is 9.78 Å². The van der Waals surface area contributed by atoms with Gasteiger partial charge < -0.3 is 14.3 Å². The highest BCUT2D eigenvalue weighted by Gasteiger charge is 2.05. The number of ether oxygens (including phenoxy) is 1. The maximum absolute atomic E-state index is 11.6. The average molecular weight is 250 g/mol. The van der Waals surface area contributed by atoms with Crippen LogP contribution in [0, 0.1) is 0 Å². The number of hydrogen-bond acceptors (Lipinski definition) is 5. The third-order valence-corrected chi connectivity index (χ3v) is 2.41. The molecule has 2 aromatic rings. The molecular weight excluding hydrogens is 236 g/mol. The van der Waals surface area contributed by atoms with Crippen LogP contribution < -0.4 is 10.2 Å². The van der Waals surface area contributed by atoms with E-state index in [9.17, 15) is 4.79 Å². The number of aliphatic hydroxyl groups is 1. The van der Waals surface area contributed by atoms with Crippen molar-refractivity contribution >= 4 is 0 Å². The van der Waals surface area contributed by atoms with Crippen molar-refractivity contribution in [3.8, 4) is 5.75 Å². The fraction of sp³-hybridized carbons (Fsp3) is 0.333. The summed E-state index contributed by atoms with van der Waals surface area (Å²) in [6.07, 6.45) is 4.75. The lowest BCUT2D eigenvalue weighted by Crippen LogP contribution is -2.07. The Kier molecular flexibility index (Phi) is 3.78. The zero-order valence-electron chi connectivity index (χ0n) is 10.00. The van der Waals surface area contributed by atoms with Crippen LogP contribution in [0.2, 0.25) is 0 Å². The van der Waals surface area contributed by atoms with E-state index >= 15 is 0 Å². The number of aromatic nitrogens is 2. The average Bonchev–Trinajstić information content (AvgIpc) is 2.85. The summed E-state index contributed by atoms with van der Waals surface area (Å²) >= 11 is 0. The lowest BCUT2D eigenvalue weighted by atomic mass is 10.3. The predicted molar refractivity (Wildman–Crippen MR) is 63.1 cm³/mol. The number of rotatable bonds is 5. The van der Waals surface area contributed by atoms with E-state index in [1.807, 2.05) is 13.1 Å². The van der Waals surface area contributed by atoms with Gasteiger partial charge in [0.25, 0.3) is 0 Å². The normalized spacial score (nSPS) is 10.6. The Balaban J connectivity index is 2.04. The highest BCUT2D eigenvalue weighted by Crippen LogP contribution is 2.08. The van der Waals surface area contributed by atoms with E-state index in [2.05, 4.69) is 5.10 Å². The van der Waals surface area contributed by atoms with Gasteiger partial charge in [0.2, 0.25) is 11.2 Å². The van der Waals surface area contributed by atoms with E-state index in [4.69, 9.17) is 14.3 Å². The van der Waals surface area contributed by atoms with Crippen molar-refractivity contribution in [1.29, 1.82) is 0 Å². The van der Waals surface area contributed by atoms with E-state index < -0.39 is 0 Å². The van der Waals surface area contributed by atoms with E-state index in [0.717, 1.165) is 12.1 Å². The van der Waals surface area contributed by atoms with Gasteiger partial charge >= 0.3 is 0 Å². The van der Waals surface area contributed by atoms with Crippen molar-refractivity contribution in [2.24, 2.45) is 0 Å². The van der Waals surface area contributed by atoms with Crippen LogP contribution in [0.3, 0.4) is 0 Å². The minimum atomic E-state index is -0.312. The van der Waals surface area contributed by atoms with Crippen LogP contribution in [0.25, 0.3) is 0 Å². The molecule has 6 heteroatoms. The summed E-state index contributed by atoms with van der Waals surface area (Å²) in [5.41, 5.74) is 0.565. The first kappa shape index (κ1) is 12.4. The predicted octanol–water partition coefficient (Wildman–Crippen LogP) is 0.927. The molecular formula is C12H14N2O4.